The Bertz CT molecular complexity index is 354. The lowest BCUT2D eigenvalue weighted by molar-refractivity contribution is 0.0944. The van der Waals surface area contributed by atoms with E-state index in [-0.39, 0.29) is 5.91 Å². The molecule has 0 aliphatic rings. The number of carbonyl (C=O) groups is 1. The van der Waals surface area contributed by atoms with E-state index in [9.17, 15) is 4.79 Å². The van der Waals surface area contributed by atoms with Crippen LogP contribution in [0.15, 0.2) is 6.20 Å². The Balaban J connectivity index is 2.40. The molecule has 17 heavy (non-hydrogen) atoms. The molecule has 1 unspecified atom stereocenters. The third-order valence-corrected chi connectivity index (χ3v) is 3.09. The van der Waals surface area contributed by atoms with E-state index >= 15 is 0 Å². The van der Waals surface area contributed by atoms with Gasteiger partial charge in [0.25, 0.3) is 5.91 Å². The topological polar surface area (TPSA) is 85.8 Å². The molecule has 1 amide bonds. The minimum Gasteiger partial charge on any atom is -0.350 e. The molecule has 1 aromatic rings. The zero-order chi connectivity index (χ0) is 12.7. The van der Waals surface area contributed by atoms with E-state index in [1.807, 2.05) is 0 Å². The van der Waals surface area contributed by atoms with Crippen molar-refractivity contribution in [1.82, 2.24) is 20.3 Å². The third-order valence-electron chi connectivity index (χ3n) is 2.19. The van der Waals surface area contributed by atoms with E-state index in [0.29, 0.717) is 31.2 Å². The van der Waals surface area contributed by atoms with Gasteiger partial charge in [-0.2, -0.15) is 11.8 Å². The standard InChI is InChI=1S/C10H19N5OS/c1-8(7-17-2)5-12-10(16)9-6-15(4-3-11)14-13-9/h6,8H,3-5,7,11H2,1-2H3,(H,12,16). The Morgan fingerprint density at radius 1 is 1.71 bits per heavy atom. The molecule has 7 heteroatoms. The molecule has 0 bridgehead atoms. The van der Waals surface area contributed by atoms with E-state index < -0.39 is 0 Å². The van der Waals surface area contributed by atoms with Crippen LogP contribution < -0.4 is 11.1 Å². The van der Waals surface area contributed by atoms with Gasteiger partial charge in [0.15, 0.2) is 5.69 Å². The number of thioether (sulfide) groups is 1. The summed E-state index contributed by atoms with van der Waals surface area (Å²) in [6, 6.07) is 0. The Hall–Kier alpha value is -1.08. The zero-order valence-corrected chi connectivity index (χ0v) is 11.0. The zero-order valence-electron chi connectivity index (χ0n) is 10.2. The van der Waals surface area contributed by atoms with E-state index in [0.717, 1.165) is 5.75 Å². The first-order valence-electron chi connectivity index (χ1n) is 5.54. The number of amides is 1. The molecule has 96 valence electrons. The first-order valence-corrected chi connectivity index (χ1v) is 6.94. The molecule has 0 saturated carbocycles. The van der Waals surface area contributed by atoms with Gasteiger partial charge in [-0.1, -0.05) is 12.1 Å². The summed E-state index contributed by atoms with van der Waals surface area (Å²) in [7, 11) is 0. The van der Waals surface area contributed by atoms with Gasteiger partial charge >= 0.3 is 0 Å². The minimum atomic E-state index is -0.179. The highest BCUT2D eigenvalue weighted by atomic mass is 32.2. The van der Waals surface area contributed by atoms with Crippen LogP contribution in [0.1, 0.15) is 17.4 Å². The normalized spacial score (nSPS) is 12.4. The van der Waals surface area contributed by atoms with Crippen molar-refractivity contribution in [2.24, 2.45) is 11.7 Å². The van der Waals surface area contributed by atoms with Crippen molar-refractivity contribution in [2.45, 2.75) is 13.5 Å². The fraction of sp³-hybridized carbons (Fsp3) is 0.700. The molecule has 0 saturated heterocycles. The van der Waals surface area contributed by atoms with Gasteiger partial charge in [0, 0.05) is 13.1 Å². The lowest BCUT2D eigenvalue weighted by atomic mass is 10.2. The van der Waals surface area contributed by atoms with Gasteiger partial charge in [-0.3, -0.25) is 9.48 Å². The van der Waals surface area contributed by atoms with E-state index in [1.165, 1.54) is 0 Å². The molecule has 1 heterocycles. The van der Waals surface area contributed by atoms with Crippen LogP contribution >= 0.6 is 11.8 Å². The number of carbonyl (C=O) groups excluding carboxylic acids is 1. The summed E-state index contributed by atoms with van der Waals surface area (Å²) in [4.78, 5) is 11.7. The summed E-state index contributed by atoms with van der Waals surface area (Å²) in [6.07, 6.45) is 3.66. The van der Waals surface area contributed by atoms with Crippen LogP contribution in [0, 0.1) is 5.92 Å². The van der Waals surface area contributed by atoms with Gasteiger partial charge in [0.2, 0.25) is 0 Å². The molecule has 1 rings (SSSR count). The number of nitrogens with one attached hydrogen (secondary N) is 1. The number of hydrogen-bond donors (Lipinski definition) is 2. The minimum absolute atomic E-state index is 0.179. The molecule has 1 aromatic heterocycles. The molecule has 0 aromatic carbocycles. The fourth-order valence-corrected chi connectivity index (χ4v) is 2.03. The second-order valence-corrected chi connectivity index (χ2v) is 4.84. The van der Waals surface area contributed by atoms with Crippen molar-refractivity contribution in [3.05, 3.63) is 11.9 Å². The first kappa shape index (κ1) is 14.0. The van der Waals surface area contributed by atoms with Crippen LogP contribution in [0.4, 0.5) is 0 Å². The SMILES string of the molecule is CSCC(C)CNC(=O)c1cn(CCN)nn1. The Morgan fingerprint density at radius 3 is 3.12 bits per heavy atom. The van der Waals surface area contributed by atoms with Crippen molar-refractivity contribution < 1.29 is 4.79 Å². The molecule has 0 aliphatic heterocycles. The molecule has 0 fully saturated rings. The smallest absolute Gasteiger partial charge is 0.273 e. The maximum atomic E-state index is 11.7. The average Bonchev–Trinajstić information content (AvgIpc) is 2.75. The van der Waals surface area contributed by atoms with Crippen LogP contribution in [0.5, 0.6) is 0 Å². The summed E-state index contributed by atoms with van der Waals surface area (Å²) < 4.78 is 1.57. The maximum absolute atomic E-state index is 11.7. The maximum Gasteiger partial charge on any atom is 0.273 e. The summed E-state index contributed by atoms with van der Waals surface area (Å²) in [5.74, 6) is 1.30. The predicted molar refractivity (Wildman–Crippen MR) is 69.0 cm³/mol. The Kier molecular flexibility index (Phi) is 5.99. The highest BCUT2D eigenvalue weighted by molar-refractivity contribution is 7.98. The van der Waals surface area contributed by atoms with Crippen LogP contribution in [-0.4, -0.2) is 46.0 Å². The molecular formula is C10H19N5OS. The molecule has 1 atom stereocenters. The average molecular weight is 257 g/mol. The summed E-state index contributed by atoms with van der Waals surface area (Å²) in [6.45, 7) is 3.81. The van der Waals surface area contributed by atoms with E-state index in [1.54, 1.807) is 22.6 Å². The lowest BCUT2D eigenvalue weighted by Crippen LogP contribution is -2.29. The summed E-state index contributed by atoms with van der Waals surface area (Å²) in [5, 5.41) is 10.5. The Labute approximate surface area is 105 Å². The second kappa shape index (κ2) is 7.29. The van der Waals surface area contributed by atoms with Gasteiger partial charge in [-0.05, 0) is 17.9 Å². The van der Waals surface area contributed by atoms with E-state index in [4.69, 9.17) is 5.73 Å². The third kappa shape index (κ3) is 4.74. The Morgan fingerprint density at radius 2 is 2.47 bits per heavy atom. The van der Waals surface area contributed by atoms with Crippen LogP contribution in [0.3, 0.4) is 0 Å². The van der Waals surface area contributed by atoms with Gasteiger partial charge in [0.1, 0.15) is 0 Å². The van der Waals surface area contributed by atoms with Crippen LogP contribution in [-0.2, 0) is 6.54 Å². The van der Waals surface area contributed by atoms with Gasteiger partial charge in [0.05, 0.1) is 12.7 Å². The molecular weight excluding hydrogens is 238 g/mol. The van der Waals surface area contributed by atoms with Crippen molar-refractivity contribution in [2.75, 3.05) is 25.1 Å². The fourth-order valence-electron chi connectivity index (χ4n) is 1.34. The monoisotopic (exact) mass is 257 g/mol. The first-order chi connectivity index (χ1) is 8.17. The molecule has 0 radical (unpaired) electrons. The number of rotatable bonds is 7. The number of aromatic nitrogens is 3. The molecule has 3 N–H and O–H groups in total. The number of nitrogens with two attached hydrogens (primary N) is 1. The quantitative estimate of drug-likeness (QED) is 0.716. The van der Waals surface area contributed by atoms with Crippen LogP contribution in [0.25, 0.3) is 0 Å². The molecule has 0 spiro atoms. The summed E-state index contributed by atoms with van der Waals surface area (Å²) in [5.41, 5.74) is 5.73. The predicted octanol–water partition coefficient (Wildman–Crippen LogP) is -0.0343. The molecule has 0 aliphatic carbocycles. The van der Waals surface area contributed by atoms with E-state index in [2.05, 4.69) is 28.8 Å². The second-order valence-electron chi connectivity index (χ2n) is 3.93. The lowest BCUT2D eigenvalue weighted by Gasteiger charge is -2.09. The van der Waals surface area contributed by atoms with Gasteiger partial charge in [-0.25, -0.2) is 0 Å². The van der Waals surface area contributed by atoms with Crippen molar-refractivity contribution >= 4 is 17.7 Å². The largest absolute Gasteiger partial charge is 0.350 e. The number of nitrogens with zero attached hydrogens (tertiary/aromatic N) is 3. The van der Waals surface area contributed by atoms with Crippen molar-refractivity contribution in [1.29, 1.82) is 0 Å². The van der Waals surface area contributed by atoms with Gasteiger partial charge < -0.3 is 11.1 Å². The van der Waals surface area contributed by atoms with Crippen molar-refractivity contribution in [3.63, 3.8) is 0 Å². The highest BCUT2D eigenvalue weighted by Crippen LogP contribution is 2.03. The number of hydrogen-bond acceptors (Lipinski definition) is 5. The molecule has 6 nitrogen and oxygen atoms in total. The van der Waals surface area contributed by atoms with Gasteiger partial charge in [-0.15, -0.1) is 5.10 Å². The van der Waals surface area contributed by atoms with Crippen molar-refractivity contribution in [3.8, 4) is 0 Å². The summed E-state index contributed by atoms with van der Waals surface area (Å²) >= 11 is 1.77. The highest BCUT2D eigenvalue weighted by Gasteiger charge is 2.11. The van der Waals surface area contributed by atoms with Crippen LogP contribution in [0.2, 0.25) is 0 Å².